The molecule has 1 aliphatic heterocycles. The predicted octanol–water partition coefficient (Wildman–Crippen LogP) is 3.23. The summed E-state index contributed by atoms with van der Waals surface area (Å²) in [4.78, 5) is 26.3. The molecule has 2 rings (SSSR count). The molecule has 1 aromatic rings. The van der Waals surface area contributed by atoms with Gasteiger partial charge in [0.25, 0.3) is 0 Å². The van der Waals surface area contributed by atoms with Crippen LogP contribution in [-0.4, -0.2) is 46.7 Å². The van der Waals surface area contributed by atoms with Crippen LogP contribution in [0.15, 0.2) is 24.3 Å². The van der Waals surface area contributed by atoms with E-state index < -0.39 is 5.60 Å². The van der Waals surface area contributed by atoms with Gasteiger partial charge in [0, 0.05) is 19.5 Å². The van der Waals surface area contributed by atoms with Crippen LogP contribution < -0.4 is 5.32 Å². The van der Waals surface area contributed by atoms with Crippen molar-refractivity contribution in [2.24, 2.45) is 0 Å². The fourth-order valence-corrected chi connectivity index (χ4v) is 3.06. The monoisotopic (exact) mass is 362 g/mol. The summed E-state index contributed by atoms with van der Waals surface area (Å²) >= 11 is 0. The Balaban J connectivity index is 1.82. The van der Waals surface area contributed by atoms with Crippen molar-refractivity contribution in [1.82, 2.24) is 10.2 Å². The molecule has 0 spiro atoms. The number of carbonyl (C=O) groups is 2. The maximum atomic E-state index is 12.4. The third-order valence-corrected chi connectivity index (χ3v) is 4.40. The Kier molecular flexibility index (Phi) is 6.89. The number of amides is 2. The van der Waals surface area contributed by atoms with E-state index in [0.717, 1.165) is 24.8 Å². The number of aryl methyl sites for hydroxylation is 1. The van der Waals surface area contributed by atoms with Crippen molar-refractivity contribution in [3.63, 3.8) is 0 Å². The summed E-state index contributed by atoms with van der Waals surface area (Å²) in [6.45, 7) is 6.64. The van der Waals surface area contributed by atoms with Crippen molar-refractivity contribution >= 4 is 12.0 Å². The molecule has 1 unspecified atom stereocenters. The first-order valence-corrected chi connectivity index (χ1v) is 9.29. The molecule has 0 aliphatic carbocycles. The van der Waals surface area contributed by atoms with Crippen LogP contribution in [-0.2, 0) is 16.0 Å². The molecule has 6 heteroatoms. The largest absolute Gasteiger partial charge is 0.508 e. The minimum atomic E-state index is -0.528. The number of piperidine rings is 1. The van der Waals surface area contributed by atoms with Crippen LogP contribution >= 0.6 is 0 Å². The standard InChI is InChI=1S/C20H30N2O4/c1-20(2,3)26-19(25)22-13-7-6-9-16(22)14-21-18(24)12-11-15-8-4-5-10-17(15)23/h4-5,8,10,16,23H,6-7,9,11-14H2,1-3H3,(H,21,24). The molecule has 0 radical (unpaired) electrons. The minimum absolute atomic E-state index is 0.0346. The highest BCUT2D eigenvalue weighted by Gasteiger charge is 2.30. The van der Waals surface area contributed by atoms with E-state index in [1.165, 1.54) is 0 Å². The van der Waals surface area contributed by atoms with Crippen molar-refractivity contribution in [2.45, 2.75) is 64.5 Å². The van der Waals surface area contributed by atoms with Crippen LogP contribution in [0, 0.1) is 0 Å². The predicted molar refractivity (Wildman–Crippen MR) is 100 cm³/mol. The Bertz CT molecular complexity index is 624. The topological polar surface area (TPSA) is 78.9 Å². The van der Waals surface area contributed by atoms with E-state index in [9.17, 15) is 14.7 Å². The van der Waals surface area contributed by atoms with Gasteiger partial charge in [-0.05, 0) is 58.1 Å². The summed E-state index contributed by atoms with van der Waals surface area (Å²) in [6, 6.07) is 7.00. The molecule has 1 fully saturated rings. The molecule has 6 nitrogen and oxygen atoms in total. The van der Waals surface area contributed by atoms with Crippen LogP contribution in [0.5, 0.6) is 5.75 Å². The molecule has 1 atom stereocenters. The number of rotatable bonds is 5. The quantitative estimate of drug-likeness (QED) is 0.843. The molecule has 26 heavy (non-hydrogen) atoms. The SMILES string of the molecule is CC(C)(C)OC(=O)N1CCCCC1CNC(=O)CCc1ccccc1O. The van der Waals surface area contributed by atoms with Gasteiger partial charge in [0.1, 0.15) is 11.4 Å². The Morgan fingerprint density at radius 2 is 2.00 bits per heavy atom. The maximum absolute atomic E-state index is 12.4. The van der Waals surface area contributed by atoms with Gasteiger partial charge in [0.2, 0.25) is 5.91 Å². The zero-order chi connectivity index (χ0) is 19.2. The fourth-order valence-electron chi connectivity index (χ4n) is 3.06. The summed E-state index contributed by atoms with van der Waals surface area (Å²) in [5.74, 6) is 0.131. The van der Waals surface area contributed by atoms with Crippen LogP contribution in [0.2, 0.25) is 0 Å². The zero-order valence-corrected chi connectivity index (χ0v) is 16.0. The first-order valence-electron chi connectivity index (χ1n) is 9.29. The van der Waals surface area contributed by atoms with Crippen molar-refractivity contribution in [2.75, 3.05) is 13.1 Å². The van der Waals surface area contributed by atoms with Crippen LogP contribution in [0.3, 0.4) is 0 Å². The van der Waals surface area contributed by atoms with Gasteiger partial charge in [0.15, 0.2) is 0 Å². The highest BCUT2D eigenvalue weighted by molar-refractivity contribution is 5.76. The fraction of sp³-hybridized carbons (Fsp3) is 0.600. The average Bonchev–Trinajstić information content (AvgIpc) is 2.58. The highest BCUT2D eigenvalue weighted by Crippen LogP contribution is 2.20. The van der Waals surface area contributed by atoms with Gasteiger partial charge in [0.05, 0.1) is 6.04 Å². The smallest absolute Gasteiger partial charge is 0.410 e. The number of phenols is 1. The molecule has 1 saturated heterocycles. The number of nitrogens with zero attached hydrogens (tertiary/aromatic N) is 1. The summed E-state index contributed by atoms with van der Waals surface area (Å²) in [5, 5.41) is 12.7. The van der Waals surface area contributed by atoms with E-state index in [0.29, 0.717) is 25.9 Å². The van der Waals surface area contributed by atoms with Gasteiger partial charge in [-0.2, -0.15) is 0 Å². The van der Waals surface area contributed by atoms with Gasteiger partial charge >= 0.3 is 6.09 Å². The summed E-state index contributed by atoms with van der Waals surface area (Å²) < 4.78 is 5.48. The van der Waals surface area contributed by atoms with Crippen LogP contribution in [0.1, 0.15) is 52.0 Å². The molecule has 0 bridgehead atoms. The van der Waals surface area contributed by atoms with E-state index in [1.807, 2.05) is 32.9 Å². The number of likely N-dealkylation sites (tertiary alicyclic amines) is 1. The second kappa shape index (κ2) is 8.92. The Labute approximate surface area is 155 Å². The van der Waals surface area contributed by atoms with Crippen LogP contribution in [0.4, 0.5) is 4.79 Å². The van der Waals surface area contributed by atoms with Crippen molar-refractivity contribution in [3.05, 3.63) is 29.8 Å². The highest BCUT2D eigenvalue weighted by atomic mass is 16.6. The van der Waals surface area contributed by atoms with Crippen molar-refractivity contribution in [1.29, 1.82) is 0 Å². The van der Waals surface area contributed by atoms with E-state index in [2.05, 4.69) is 5.32 Å². The summed E-state index contributed by atoms with van der Waals surface area (Å²) in [5.41, 5.74) is 0.232. The van der Waals surface area contributed by atoms with E-state index in [4.69, 9.17) is 4.74 Å². The molecule has 2 N–H and O–H groups in total. The molecule has 1 aliphatic rings. The Morgan fingerprint density at radius 3 is 2.69 bits per heavy atom. The Morgan fingerprint density at radius 1 is 1.27 bits per heavy atom. The Hall–Kier alpha value is -2.24. The second-order valence-electron chi connectivity index (χ2n) is 7.76. The average molecular weight is 362 g/mol. The van der Waals surface area contributed by atoms with Crippen molar-refractivity contribution < 1.29 is 19.4 Å². The van der Waals surface area contributed by atoms with Gasteiger partial charge in [-0.3, -0.25) is 4.79 Å². The lowest BCUT2D eigenvalue weighted by Gasteiger charge is -2.36. The molecular formula is C20H30N2O4. The van der Waals surface area contributed by atoms with Gasteiger partial charge in [-0.15, -0.1) is 0 Å². The molecule has 1 heterocycles. The normalized spacial score (nSPS) is 17.7. The number of carbonyl (C=O) groups excluding carboxylic acids is 2. The lowest BCUT2D eigenvalue weighted by molar-refractivity contribution is -0.121. The molecule has 144 valence electrons. The van der Waals surface area contributed by atoms with Crippen LogP contribution in [0.25, 0.3) is 0 Å². The zero-order valence-electron chi connectivity index (χ0n) is 16.0. The molecular weight excluding hydrogens is 332 g/mol. The van der Waals surface area contributed by atoms with E-state index in [-0.39, 0.29) is 23.8 Å². The first-order chi connectivity index (χ1) is 12.3. The van der Waals surface area contributed by atoms with E-state index in [1.54, 1.807) is 17.0 Å². The number of phenolic OH excluding ortho intramolecular Hbond substituents is 1. The number of hydrogen-bond acceptors (Lipinski definition) is 4. The minimum Gasteiger partial charge on any atom is -0.508 e. The number of benzene rings is 1. The number of para-hydroxylation sites is 1. The lowest BCUT2D eigenvalue weighted by Crippen LogP contribution is -2.50. The maximum Gasteiger partial charge on any atom is 0.410 e. The third kappa shape index (κ3) is 6.24. The summed E-state index contributed by atoms with van der Waals surface area (Å²) in [6.07, 6.45) is 3.33. The first kappa shape index (κ1) is 20.1. The van der Waals surface area contributed by atoms with Gasteiger partial charge in [-0.1, -0.05) is 18.2 Å². The summed E-state index contributed by atoms with van der Waals surface area (Å²) in [7, 11) is 0. The molecule has 0 aromatic heterocycles. The van der Waals surface area contributed by atoms with Crippen molar-refractivity contribution in [3.8, 4) is 5.75 Å². The molecule has 1 aromatic carbocycles. The number of hydrogen-bond donors (Lipinski definition) is 2. The number of aromatic hydroxyl groups is 1. The van der Waals surface area contributed by atoms with E-state index >= 15 is 0 Å². The van der Waals surface area contributed by atoms with Gasteiger partial charge < -0.3 is 20.1 Å². The third-order valence-electron chi connectivity index (χ3n) is 4.40. The number of nitrogens with one attached hydrogen (secondary N) is 1. The van der Waals surface area contributed by atoms with Gasteiger partial charge in [-0.25, -0.2) is 4.79 Å². The number of ether oxygens (including phenoxy) is 1. The molecule has 0 saturated carbocycles. The second-order valence-corrected chi connectivity index (χ2v) is 7.76. The molecule has 2 amide bonds. The lowest BCUT2D eigenvalue weighted by atomic mass is 10.0.